The molecule has 0 fully saturated rings. The Morgan fingerprint density at radius 3 is 1.97 bits per heavy atom. The molecule has 13 nitrogen and oxygen atoms in total. The smallest absolute Gasteiger partial charge is 0.325 e. The summed E-state index contributed by atoms with van der Waals surface area (Å²) in [5, 5.41) is 24.8. The molecule has 0 bridgehead atoms. The molecule has 31 heavy (non-hydrogen) atoms. The minimum atomic E-state index is -1.27. The van der Waals surface area contributed by atoms with Crippen molar-refractivity contribution in [3.63, 3.8) is 0 Å². The summed E-state index contributed by atoms with van der Waals surface area (Å²) in [7, 11) is 0. The topological polar surface area (TPSA) is 231 Å². The van der Waals surface area contributed by atoms with Crippen LogP contribution in [0.15, 0.2) is 0 Å². The Kier molecular flexibility index (Phi) is 12.6. The van der Waals surface area contributed by atoms with Gasteiger partial charge in [-0.1, -0.05) is 0 Å². The molecular formula is C18H31N5O8. The lowest BCUT2D eigenvalue weighted by molar-refractivity contribution is -0.142. The first-order chi connectivity index (χ1) is 14.4. The van der Waals surface area contributed by atoms with E-state index in [2.05, 4.69) is 16.0 Å². The Labute approximate surface area is 179 Å². The van der Waals surface area contributed by atoms with Crippen molar-refractivity contribution in [1.29, 1.82) is 0 Å². The van der Waals surface area contributed by atoms with Crippen LogP contribution >= 0.6 is 0 Å². The lowest BCUT2D eigenvalue weighted by Gasteiger charge is -2.21. The fraction of sp³-hybridized carbons (Fsp3) is 0.667. The van der Waals surface area contributed by atoms with Crippen LogP contribution in [0.3, 0.4) is 0 Å². The number of aldehydes is 1. The zero-order valence-corrected chi connectivity index (χ0v) is 17.5. The highest BCUT2D eigenvalue weighted by atomic mass is 16.4. The maximum atomic E-state index is 12.4. The number of hydrogen-bond donors (Lipinski definition) is 7. The molecule has 3 amide bonds. The second-order valence-corrected chi connectivity index (χ2v) is 7.14. The SMILES string of the molecule is C[C@H](N)C(=O)N[C@@H](C=O)CCC(=O)N[C@@H](CCC[C@@H](N)C(=O)O)C(=O)N[C@H](C)C(=O)O. The first-order valence-electron chi connectivity index (χ1n) is 9.71. The van der Waals surface area contributed by atoms with Crippen LogP contribution in [0.25, 0.3) is 0 Å². The number of carboxylic acid groups (broad SMARTS) is 2. The molecule has 0 aliphatic carbocycles. The number of carbonyl (C=O) groups excluding carboxylic acids is 4. The Morgan fingerprint density at radius 1 is 0.871 bits per heavy atom. The van der Waals surface area contributed by atoms with Crippen LogP contribution in [-0.2, 0) is 28.8 Å². The molecule has 0 aromatic rings. The summed E-state index contributed by atoms with van der Waals surface area (Å²) in [6.45, 7) is 2.68. The van der Waals surface area contributed by atoms with Crippen molar-refractivity contribution in [3.05, 3.63) is 0 Å². The van der Waals surface area contributed by atoms with E-state index in [1.54, 1.807) is 0 Å². The normalized spacial score (nSPS) is 15.5. The van der Waals surface area contributed by atoms with Gasteiger partial charge in [-0.25, -0.2) is 0 Å². The summed E-state index contributed by atoms with van der Waals surface area (Å²) in [6.07, 6.45) is 0.435. The number of carboxylic acids is 2. The molecule has 0 saturated carbocycles. The minimum absolute atomic E-state index is 0.0173. The van der Waals surface area contributed by atoms with Crippen LogP contribution < -0.4 is 27.4 Å². The lowest BCUT2D eigenvalue weighted by Crippen LogP contribution is -2.51. The monoisotopic (exact) mass is 445 g/mol. The van der Waals surface area contributed by atoms with Crippen molar-refractivity contribution in [2.24, 2.45) is 11.5 Å². The molecule has 0 spiro atoms. The van der Waals surface area contributed by atoms with E-state index in [9.17, 15) is 28.8 Å². The summed E-state index contributed by atoms with van der Waals surface area (Å²) in [4.78, 5) is 69.0. The predicted octanol–water partition coefficient (Wildman–Crippen LogP) is -2.55. The number of rotatable bonds is 15. The first-order valence-corrected chi connectivity index (χ1v) is 9.71. The highest BCUT2D eigenvalue weighted by molar-refractivity contribution is 5.90. The molecule has 0 rings (SSSR count). The number of aliphatic carboxylic acids is 2. The summed E-state index contributed by atoms with van der Waals surface area (Å²) in [5.74, 6) is -4.42. The van der Waals surface area contributed by atoms with Crippen LogP contribution in [0, 0.1) is 0 Å². The van der Waals surface area contributed by atoms with E-state index in [0.717, 1.165) is 0 Å². The van der Waals surface area contributed by atoms with E-state index >= 15 is 0 Å². The minimum Gasteiger partial charge on any atom is -0.480 e. The van der Waals surface area contributed by atoms with Crippen LogP contribution in [0.4, 0.5) is 0 Å². The molecule has 0 unspecified atom stereocenters. The Bertz CT molecular complexity index is 669. The van der Waals surface area contributed by atoms with E-state index in [1.165, 1.54) is 13.8 Å². The molecule has 9 N–H and O–H groups in total. The molecule has 0 aromatic carbocycles. The summed E-state index contributed by atoms with van der Waals surface area (Å²) in [6, 6.07) is -5.26. The van der Waals surface area contributed by atoms with Gasteiger partial charge in [0.15, 0.2) is 0 Å². The van der Waals surface area contributed by atoms with Crippen molar-refractivity contribution < 1.29 is 39.0 Å². The van der Waals surface area contributed by atoms with E-state index in [4.69, 9.17) is 21.7 Å². The fourth-order valence-electron chi connectivity index (χ4n) is 2.35. The third-order valence-electron chi connectivity index (χ3n) is 4.29. The molecule has 176 valence electrons. The number of nitrogens with one attached hydrogen (secondary N) is 3. The molecule has 0 aliphatic rings. The maximum Gasteiger partial charge on any atom is 0.325 e. The molecule has 0 saturated heterocycles. The zero-order chi connectivity index (χ0) is 24.1. The van der Waals surface area contributed by atoms with Gasteiger partial charge in [0.1, 0.15) is 24.4 Å². The van der Waals surface area contributed by atoms with Crippen molar-refractivity contribution in [2.75, 3.05) is 0 Å². The van der Waals surface area contributed by atoms with Crippen molar-refractivity contribution in [3.8, 4) is 0 Å². The van der Waals surface area contributed by atoms with Crippen LogP contribution in [0.1, 0.15) is 46.0 Å². The van der Waals surface area contributed by atoms with Crippen molar-refractivity contribution >= 4 is 35.9 Å². The number of hydrogen-bond acceptors (Lipinski definition) is 8. The summed E-state index contributed by atoms with van der Waals surface area (Å²) >= 11 is 0. The average molecular weight is 445 g/mol. The highest BCUT2D eigenvalue weighted by Gasteiger charge is 2.25. The van der Waals surface area contributed by atoms with E-state index in [0.29, 0.717) is 6.29 Å². The molecule has 0 heterocycles. The number of nitrogens with two attached hydrogens (primary N) is 2. The van der Waals surface area contributed by atoms with E-state index < -0.39 is 59.9 Å². The van der Waals surface area contributed by atoms with Gasteiger partial charge in [-0.15, -0.1) is 0 Å². The molecular weight excluding hydrogens is 414 g/mol. The standard InChI is InChI=1S/C18H31N5O8/c1-9(19)15(26)22-11(8-24)6-7-14(25)23-13(5-3-4-12(20)18(30)31)16(27)21-10(2)17(28)29/h8-13H,3-7,19-20H2,1-2H3,(H,21,27)(H,22,26)(H,23,25)(H,28,29)(H,30,31)/t9-,10+,11+,12+,13-/m0/s1. The van der Waals surface area contributed by atoms with Gasteiger partial charge >= 0.3 is 11.9 Å². The lowest BCUT2D eigenvalue weighted by atomic mass is 10.0. The number of carbonyl (C=O) groups is 6. The second-order valence-electron chi connectivity index (χ2n) is 7.14. The number of amides is 3. The van der Waals surface area contributed by atoms with Gasteiger partial charge in [0.25, 0.3) is 0 Å². The van der Waals surface area contributed by atoms with Gasteiger partial charge in [-0.3, -0.25) is 24.0 Å². The Morgan fingerprint density at radius 2 is 1.48 bits per heavy atom. The Balaban J connectivity index is 4.93. The van der Waals surface area contributed by atoms with Gasteiger partial charge in [-0.2, -0.15) is 0 Å². The van der Waals surface area contributed by atoms with Gasteiger partial charge in [0, 0.05) is 6.42 Å². The summed E-state index contributed by atoms with van der Waals surface area (Å²) in [5.41, 5.74) is 10.8. The fourth-order valence-corrected chi connectivity index (χ4v) is 2.35. The first kappa shape index (κ1) is 27.9. The van der Waals surface area contributed by atoms with Gasteiger partial charge in [0.2, 0.25) is 17.7 Å². The maximum absolute atomic E-state index is 12.4. The quantitative estimate of drug-likeness (QED) is 0.130. The van der Waals surface area contributed by atoms with E-state index in [-0.39, 0.29) is 32.1 Å². The van der Waals surface area contributed by atoms with E-state index in [1.807, 2.05) is 0 Å². The van der Waals surface area contributed by atoms with Crippen molar-refractivity contribution in [1.82, 2.24) is 16.0 Å². The predicted molar refractivity (Wildman–Crippen MR) is 108 cm³/mol. The average Bonchev–Trinajstić information content (AvgIpc) is 2.69. The van der Waals surface area contributed by atoms with Crippen LogP contribution in [-0.4, -0.2) is 76.4 Å². The third kappa shape index (κ3) is 11.6. The van der Waals surface area contributed by atoms with Gasteiger partial charge in [0.05, 0.1) is 12.1 Å². The molecule has 13 heteroatoms. The third-order valence-corrected chi connectivity index (χ3v) is 4.29. The highest BCUT2D eigenvalue weighted by Crippen LogP contribution is 2.06. The molecule has 0 aromatic heterocycles. The zero-order valence-electron chi connectivity index (χ0n) is 17.5. The van der Waals surface area contributed by atoms with Gasteiger partial charge < -0.3 is 42.4 Å². The van der Waals surface area contributed by atoms with Crippen molar-refractivity contribution in [2.45, 2.75) is 76.2 Å². The molecule has 0 aliphatic heterocycles. The largest absolute Gasteiger partial charge is 0.480 e. The Hall–Kier alpha value is -3.06. The van der Waals surface area contributed by atoms with Gasteiger partial charge in [-0.05, 0) is 39.5 Å². The molecule has 0 radical (unpaired) electrons. The van der Waals surface area contributed by atoms with Crippen LogP contribution in [0.2, 0.25) is 0 Å². The second kappa shape index (κ2) is 14.0. The molecule has 5 atom stereocenters. The van der Waals surface area contributed by atoms with Crippen LogP contribution in [0.5, 0.6) is 0 Å². The summed E-state index contributed by atoms with van der Waals surface area (Å²) < 4.78 is 0.